The van der Waals surface area contributed by atoms with E-state index in [0.717, 1.165) is 22.7 Å². The molecule has 1 N–H and O–H groups in total. The Morgan fingerprint density at radius 3 is 2.55 bits per heavy atom. The number of aromatic nitrogens is 1. The molecule has 3 rings (SSSR count). The molecule has 1 fully saturated rings. The Balaban J connectivity index is 1.76. The number of likely N-dealkylation sites (N-methyl/N-ethyl adjacent to an activating group) is 1. The highest BCUT2D eigenvalue weighted by molar-refractivity contribution is 7.89. The number of nitrogens with one attached hydrogen (secondary N) is 1. The molecule has 9 heteroatoms. The van der Waals surface area contributed by atoms with Gasteiger partial charge in [-0.15, -0.1) is 0 Å². The van der Waals surface area contributed by atoms with Gasteiger partial charge in [0.05, 0.1) is 17.8 Å². The molecule has 2 amide bonds. The van der Waals surface area contributed by atoms with Crippen LogP contribution in [0.15, 0.2) is 47.6 Å². The van der Waals surface area contributed by atoms with E-state index in [4.69, 9.17) is 0 Å². The van der Waals surface area contributed by atoms with E-state index in [1.165, 1.54) is 31.6 Å². The van der Waals surface area contributed by atoms with Crippen LogP contribution in [0.4, 0.5) is 5.69 Å². The van der Waals surface area contributed by atoms with Crippen molar-refractivity contribution in [3.8, 4) is 0 Å². The number of rotatable bonds is 6. The van der Waals surface area contributed by atoms with Crippen LogP contribution in [0.5, 0.6) is 0 Å². The van der Waals surface area contributed by atoms with E-state index in [0.29, 0.717) is 24.3 Å². The molecule has 1 aliphatic rings. The van der Waals surface area contributed by atoms with E-state index < -0.39 is 15.9 Å². The molecule has 2 heterocycles. The van der Waals surface area contributed by atoms with Crippen LogP contribution in [0.2, 0.25) is 0 Å². The SMILES string of the molecule is Cc1cccc(C(=O)N2CCCC2)c1NC(=O)CN(C)S(=O)(=O)c1cccnc1. The van der Waals surface area contributed by atoms with E-state index in [2.05, 4.69) is 10.3 Å². The molecule has 2 aromatic rings. The molecule has 29 heavy (non-hydrogen) atoms. The van der Waals surface area contributed by atoms with Crippen molar-refractivity contribution >= 4 is 27.5 Å². The summed E-state index contributed by atoms with van der Waals surface area (Å²) in [5.41, 5.74) is 1.57. The molecule has 0 bridgehead atoms. The zero-order valence-electron chi connectivity index (χ0n) is 16.5. The number of amides is 2. The smallest absolute Gasteiger partial charge is 0.255 e. The third kappa shape index (κ3) is 4.63. The first-order valence-corrected chi connectivity index (χ1v) is 10.8. The maximum atomic E-state index is 12.8. The molecular weight excluding hydrogens is 392 g/mol. The van der Waals surface area contributed by atoms with Gasteiger partial charge in [-0.3, -0.25) is 14.6 Å². The fourth-order valence-corrected chi connectivity index (χ4v) is 4.34. The normalized spacial score (nSPS) is 14.2. The van der Waals surface area contributed by atoms with Crippen molar-refractivity contribution in [2.45, 2.75) is 24.7 Å². The van der Waals surface area contributed by atoms with Crippen molar-refractivity contribution < 1.29 is 18.0 Å². The number of likely N-dealkylation sites (tertiary alicyclic amines) is 1. The highest BCUT2D eigenvalue weighted by atomic mass is 32.2. The quantitative estimate of drug-likeness (QED) is 0.775. The minimum atomic E-state index is -3.84. The number of carbonyl (C=O) groups excluding carboxylic acids is 2. The molecule has 0 saturated carbocycles. The summed E-state index contributed by atoms with van der Waals surface area (Å²) in [7, 11) is -2.51. The third-order valence-electron chi connectivity index (χ3n) is 4.87. The number of benzene rings is 1. The van der Waals surface area contributed by atoms with Crippen LogP contribution in [0.25, 0.3) is 0 Å². The number of sulfonamides is 1. The van der Waals surface area contributed by atoms with Crippen LogP contribution in [0.1, 0.15) is 28.8 Å². The number of carbonyl (C=O) groups is 2. The van der Waals surface area contributed by atoms with Gasteiger partial charge in [0.2, 0.25) is 15.9 Å². The van der Waals surface area contributed by atoms with Gasteiger partial charge in [-0.2, -0.15) is 4.31 Å². The first-order valence-electron chi connectivity index (χ1n) is 9.36. The molecule has 1 aromatic heterocycles. The number of para-hydroxylation sites is 1. The van der Waals surface area contributed by atoms with Crippen LogP contribution in [-0.4, -0.2) is 61.1 Å². The maximum absolute atomic E-state index is 12.8. The average molecular weight is 417 g/mol. The van der Waals surface area contributed by atoms with Crippen molar-refractivity contribution in [3.05, 3.63) is 53.9 Å². The molecule has 8 nitrogen and oxygen atoms in total. The van der Waals surface area contributed by atoms with Gasteiger partial charge >= 0.3 is 0 Å². The molecule has 0 unspecified atom stereocenters. The molecule has 0 spiro atoms. The molecule has 0 radical (unpaired) electrons. The highest BCUT2D eigenvalue weighted by Gasteiger charge is 2.26. The first kappa shape index (κ1) is 20.9. The second-order valence-electron chi connectivity index (χ2n) is 6.99. The summed E-state index contributed by atoms with van der Waals surface area (Å²) in [6.07, 6.45) is 4.65. The van der Waals surface area contributed by atoms with Gasteiger partial charge in [-0.25, -0.2) is 8.42 Å². The summed E-state index contributed by atoms with van der Waals surface area (Å²) in [4.78, 5) is 31.0. The average Bonchev–Trinajstić information content (AvgIpc) is 3.24. The lowest BCUT2D eigenvalue weighted by atomic mass is 10.1. The first-order chi connectivity index (χ1) is 13.8. The molecule has 0 aliphatic carbocycles. The Bertz CT molecular complexity index is 1000. The summed E-state index contributed by atoms with van der Waals surface area (Å²) in [6, 6.07) is 8.19. The van der Waals surface area contributed by atoms with Gasteiger partial charge in [-0.1, -0.05) is 12.1 Å². The predicted octanol–water partition coefficient (Wildman–Crippen LogP) is 1.89. The third-order valence-corrected chi connectivity index (χ3v) is 6.66. The van der Waals surface area contributed by atoms with Crippen molar-refractivity contribution in [2.75, 3.05) is 32.0 Å². The zero-order valence-corrected chi connectivity index (χ0v) is 17.3. The fraction of sp³-hybridized carbons (Fsp3) is 0.350. The van der Waals surface area contributed by atoms with E-state index in [1.54, 1.807) is 30.0 Å². The summed E-state index contributed by atoms with van der Waals surface area (Å²) >= 11 is 0. The molecule has 1 aliphatic heterocycles. The minimum Gasteiger partial charge on any atom is -0.339 e. The number of aryl methyl sites for hydroxylation is 1. The lowest BCUT2D eigenvalue weighted by molar-refractivity contribution is -0.116. The number of hydrogen-bond acceptors (Lipinski definition) is 5. The van der Waals surface area contributed by atoms with Gasteiger partial charge in [-0.05, 0) is 43.5 Å². The minimum absolute atomic E-state index is 0.0103. The standard InChI is InChI=1S/C20H24N4O4S/c1-15-7-5-9-17(20(26)24-11-3-4-12-24)19(15)22-18(25)14-23(2)29(27,28)16-8-6-10-21-13-16/h5-10,13H,3-4,11-12,14H2,1-2H3,(H,22,25). The lowest BCUT2D eigenvalue weighted by Gasteiger charge is -2.20. The number of hydrogen-bond donors (Lipinski definition) is 1. The van der Waals surface area contributed by atoms with Crippen LogP contribution < -0.4 is 5.32 Å². The fourth-order valence-electron chi connectivity index (χ4n) is 3.25. The molecule has 0 atom stereocenters. The molecule has 1 aromatic carbocycles. The van der Waals surface area contributed by atoms with Gasteiger partial charge in [0, 0.05) is 32.5 Å². The number of anilines is 1. The largest absolute Gasteiger partial charge is 0.339 e. The van der Waals surface area contributed by atoms with Crippen molar-refractivity contribution in [1.82, 2.24) is 14.2 Å². The summed E-state index contributed by atoms with van der Waals surface area (Å²) in [5.74, 6) is -0.650. The van der Waals surface area contributed by atoms with Crippen molar-refractivity contribution in [1.29, 1.82) is 0 Å². The molecular formula is C20H24N4O4S. The van der Waals surface area contributed by atoms with Crippen molar-refractivity contribution in [2.24, 2.45) is 0 Å². The van der Waals surface area contributed by atoms with Gasteiger partial charge < -0.3 is 10.2 Å². The topological polar surface area (TPSA) is 99.7 Å². The van der Waals surface area contributed by atoms with Gasteiger partial charge in [0.25, 0.3) is 5.91 Å². The maximum Gasteiger partial charge on any atom is 0.255 e. The van der Waals surface area contributed by atoms with E-state index >= 15 is 0 Å². The van der Waals surface area contributed by atoms with Crippen LogP contribution in [-0.2, 0) is 14.8 Å². The Morgan fingerprint density at radius 2 is 1.90 bits per heavy atom. The molecule has 1 saturated heterocycles. The second-order valence-corrected chi connectivity index (χ2v) is 9.04. The lowest BCUT2D eigenvalue weighted by Crippen LogP contribution is -2.36. The number of pyridine rings is 1. The zero-order chi connectivity index (χ0) is 21.0. The van der Waals surface area contributed by atoms with E-state index in [1.807, 2.05) is 0 Å². The summed E-state index contributed by atoms with van der Waals surface area (Å²) in [6.45, 7) is 2.81. The van der Waals surface area contributed by atoms with E-state index in [9.17, 15) is 18.0 Å². The van der Waals surface area contributed by atoms with Crippen LogP contribution in [0, 0.1) is 6.92 Å². The molecule has 154 valence electrons. The van der Waals surface area contributed by atoms with Crippen molar-refractivity contribution in [3.63, 3.8) is 0 Å². The Kier molecular flexibility index (Phi) is 6.29. The Morgan fingerprint density at radius 1 is 1.17 bits per heavy atom. The predicted molar refractivity (Wildman–Crippen MR) is 109 cm³/mol. The van der Waals surface area contributed by atoms with Gasteiger partial charge in [0.15, 0.2) is 0 Å². The monoisotopic (exact) mass is 416 g/mol. The Hall–Kier alpha value is -2.78. The van der Waals surface area contributed by atoms with Crippen LogP contribution >= 0.6 is 0 Å². The summed E-state index contributed by atoms with van der Waals surface area (Å²) < 4.78 is 26.1. The Labute approximate surface area is 170 Å². The van der Waals surface area contributed by atoms with Gasteiger partial charge in [0.1, 0.15) is 4.90 Å². The van der Waals surface area contributed by atoms with Crippen LogP contribution in [0.3, 0.4) is 0 Å². The van der Waals surface area contributed by atoms with E-state index in [-0.39, 0.29) is 17.3 Å². The highest BCUT2D eigenvalue weighted by Crippen LogP contribution is 2.24. The summed E-state index contributed by atoms with van der Waals surface area (Å²) in [5, 5.41) is 2.73. The second kappa shape index (κ2) is 8.71. The number of nitrogens with zero attached hydrogens (tertiary/aromatic N) is 3.